The maximum Gasteiger partial charge on any atom is 0.306 e. The van der Waals surface area contributed by atoms with Gasteiger partial charge in [0.05, 0.1) is 0 Å². The molecule has 1 aromatic carbocycles. The summed E-state index contributed by atoms with van der Waals surface area (Å²) in [5.41, 5.74) is 1.02. The number of esters is 1. The SMILES string of the molecule is CCC(=O)OC(c1ccc2c(c1)OCO2)C1CCCCC1. The second-order valence-corrected chi connectivity index (χ2v) is 5.77. The van der Waals surface area contributed by atoms with Gasteiger partial charge in [0.2, 0.25) is 6.79 Å². The number of hydrogen-bond acceptors (Lipinski definition) is 4. The van der Waals surface area contributed by atoms with E-state index in [1.807, 2.05) is 25.1 Å². The molecule has 114 valence electrons. The minimum atomic E-state index is -0.160. The predicted octanol–water partition coefficient (Wildman–Crippen LogP) is 3.99. The zero-order chi connectivity index (χ0) is 14.7. The highest BCUT2D eigenvalue weighted by Gasteiger charge is 2.29. The van der Waals surface area contributed by atoms with Gasteiger partial charge in [0.1, 0.15) is 6.10 Å². The first kappa shape index (κ1) is 14.2. The molecule has 1 saturated carbocycles. The quantitative estimate of drug-likeness (QED) is 0.786. The van der Waals surface area contributed by atoms with Gasteiger partial charge in [0, 0.05) is 12.3 Å². The molecule has 1 fully saturated rings. The fourth-order valence-electron chi connectivity index (χ4n) is 3.19. The number of carbonyl (C=O) groups excluding carboxylic acids is 1. The highest BCUT2D eigenvalue weighted by Crippen LogP contribution is 2.41. The van der Waals surface area contributed by atoms with Crippen LogP contribution in [0.5, 0.6) is 11.5 Å². The lowest BCUT2D eigenvalue weighted by atomic mass is 9.82. The zero-order valence-electron chi connectivity index (χ0n) is 12.5. The van der Waals surface area contributed by atoms with E-state index in [1.165, 1.54) is 19.3 Å². The van der Waals surface area contributed by atoms with Gasteiger partial charge < -0.3 is 14.2 Å². The van der Waals surface area contributed by atoms with Gasteiger partial charge in [-0.2, -0.15) is 0 Å². The van der Waals surface area contributed by atoms with Crippen LogP contribution in [0.2, 0.25) is 0 Å². The summed E-state index contributed by atoms with van der Waals surface area (Å²) in [6, 6.07) is 5.87. The molecule has 1 aliphatic carbocycles. The fourth-order valence-corrected chi connectivity index (χ4v) is 3.19. The van der Waals surface area contributed by atoms with E-state index in [4.69, 9.17) is 14.2 Å². The van der Waals surface area contributed by atoms with Crippen molar-refractivity contribution in [2.24, 2.45) is 5.92 Å². The van der Waals surface area contributed by atoms with Crippen LogP contribution in [-0.2, 0) is 9.53 Å². The third kappa shape index (κ3) is 3.14. The predicted molar refractivity (Wildman–Crippen MR) is 78.3 cm³/mol. The molecule has 0 saturated heterocycles. The molecule has 1 heterocycles. The van der Waals surface area contributed by atoms with Gasteiger partial charge in [-0.05, 0) is 30.5 Å². The van der Waals surface area contributed by atoms with E-state index < -0.39 is 0 Å². The van der Waals surface area contributed by atoms with Crippen molar-refractivity contribution >= 4 is 5.97 Å². The summed E-state index contributed by atoms with van der Waals surface area (Å²) in [6.45, 7) is 2.10. The van der Waals surface area contributed by atoms with Gasteiger partial charge in [-0.15, -0.1) is 0 Å². The normalized spacial score (nSPS) is 19.3. The lowest BCUT2D eigenvalue weighted by Crippen LogP contribution is -2.21. The molecule has 1 aliphatic heterocycles. The van der Waals surface area contributed by atoms with E-state index in [2.05, 4.69) is 0 Å². The molecule has 0 amide bonds. The Balaban J connectivity index is 1.84. The van der Waals surface area contributed by atoms with Crippen LogP contribution in [0.15, 0.2) is 18.2 Å². The Morgan fingerprint density at radius 2 is 2.00 bits per heavy atom. The topological polar surface area (TPSA) is 44.8 Å². The first-order valence-corrected chi connectivity index (χ1v) is 7.87. The molecule has 21 heavy (non-hydrogen) atoms. The van der Waals surface area contributed by atoms with Crippen LogP contribution in [0.1, 0.15) is 57.1 Å². The lowest BCUT2D eigenvalue weighted by molar-refractivity contribution is -0.152. The summed E-state index contributed by atoms with van der Waals surface area (Å²) in [5, 5.41) is 0. The number of hydrogen-bond donors (Lipinski definition) is 0. The molecule has 3 rings (SSSR count). The molecular formula is C17H22O4. The molecule has 0 spiro atoms. The van der Waals surface area contributed by atoms with Crippen LogP contribution < -0.4 is 9.47 Å². The second-order valence-electron chi connectivity index (χ2n) is 5.77. The van der Waals surface area contributed by atoms with Crippen LogP contribution in [0.4, 0.5) is 0 Å². The molecule has 4 heteroatoms. The summed E-state index contributed by atoms with van der Waals surface area (Å²) in [7, 11) is 0. The minimum absolute atomic E-state index is 0.136. The maximum absolute atomic E-state index is 11.8. The van der Waals surface area contributed by atoms with Gasteiger partial charge in [-0.25, -0.2) is 0 Å². The summed E-state index contributed by atoms with van der Waals surface area (Å²) in [5.74, 6) is 1.79. The Morgan fingerprint density at radius 1 is 1.24 bits per heavy atom. The van der Waals surface area contributed by atoms with Crippen LogP contribution >= 0.6 is 0 Å². The second kappa shape index (κ2) is 6.37. The van der Waals surface area contributed by atoms with Crippen molar-refractivity contribution in [2.45, 2.75) is 51.6 Å². The molecular weight excluding hydrogens is 268 g/mol. The molecule has 0 aromatic heterocycles. The number of rotatable bonds is 4. The smallest absolute Gasteiger partial charge is 0.306 e. The van der Waals surface area contributed by atoms with Crippen LogP contribution in [-0.4, -0.2) is 12.8 Å². The Bertz CT molecular complexity index is 506. The van der Waals surface area contributed by atoms with Crippen LogP contribution in [0.3, 0.4) is 0 Å². The van der Waals surface area contributed by atoms with E-state index in [-0.39, 0.29) is 18.9 Å². The van der Waals surface area contributed by atoms with Crippen molar-refractivity contribution < 1.29 is 19.0 Å². The summed E-state index contributed by atoms with van der Waals surface area (Å²) < 4.78 is 16.5. The van der Waals surface area contributed by atoms with Crippen molar-refractivity contribution in [3.63, 3.8) is 0 Å². The largest absolute Gasteiger partial charge is 0.457 e. The number of fused-ring (bicyclic) bond motifs is 1. The molecule has 2 aliphatic rings. The molecule has 1 aromatic rings. The molecule has 1 unspecified atom stereocenters. The van der Waals surface area contributed by atoms with Gasteiger partial charge >= 0.3 is 5.97 Å². The van der Waals surface area contributed by atoms with Gasteiger partial charge in [-0.1, -0.05) is 32.3 Å². The molecule has 4 nitrogen and oxygen atoms in total. The van der Waals surface area contributed by atoms with Crippen molar-refractivity contribution in [1.29, 1.82) is 0 Å². The standard InChI is InChI=1S/C17H22O4/c1-2-16(18)21-17(12-6-4-3-5-7-12)13-8-9-14-15(10-13)20-11-19-14/h8-10,12,17H,2-7,11H2,1H3. The first-order valence-electron chi connectivity index (χ1n) is 7.87. The van der Waals surface area contributed by atoms with Crippen molar-refractivity contribution in [3.05, 3.63) is 23.8 Å². The average Bonchev–Trinajstić information content (AvgIpc) is 3.00. The first-order chi connectivity index (χ1) is 10.3. The minimum Gasteiger partial charge on any atom is -0.457 e. The van der Waals surface area contributed by atoms with Crippen molar-refractivity contribution in [1.82, 2.24) is 0 Å². The maximum atomic E-state index is 11.8. The van der Waals surface area contributed by atoms with E-state index >= 15 is 0 Å². The van der Waals surface area contributed by atoms with E-state index in [0.717, 1.165) is 29.9 Å². The average molecular weight is 290 g/mol. The van der Waals surface area contributed by atoms with Gasteiger partial charge in [-0.3, -0.25) is 4.79 Å². The highest BCUT2D eigenvalue weighted by molar-refractivity contribution is 5.69. The molecule has 0 radical (unpaired) electrons. The fraction of sp³-hybridized carbons (Fsp3) is 0.588. The Hall–Kier alpha value is -1.71. The Labute approximate surface area is 125 Å². The number of ether oxygens (including phenoxy) is 3. The van der Waals surface area contributed by atoms with E-state index in [0.29, 0.717) is 12.3 Å². The third-order valence-corrected chi connectivity index (χ3v) is 4.35. The molecule has 1 atom stereocenters. The monoisotopic (exact) mass is 290 g/mol. The summed E-state index contributed by atoms with van der Waals surface area (Å²) >= 11 is 0. The Morgan fingerprint density at radius 3 is 2.76 bits per heavy atom. The van der Waals surface area contributed by atoms with E-state index in [9.17, 15) is 4.79 Å². The molecule has 0 bridgehead atoms. The molecule has 0 N–H and O–H groups in total. The van der Waals surface area contributed by atoms with Crippen molar-refractivity contribution in [3.8, 4) is 11.5 Å². The highest BCUT2D eigenvalue weighted by atomic mass is 16.7. The summed E-state index contributed by atoms with van der Waals surface area (Å²) in [4.78, 5) is 11.8. The van der Waals surface area contributed by atoms with Crippen LogP contribution in [0, 0.1) is 5.92 Å². The third-order valence-electron chi connectivity index (χ3n) is 4.35. The lowest BCUT2D eigenvalue weighted by Gasteiger charge is -2.30. The van der Waals surface area contributed by atoms with Gasteiger partial charge in [0.25, 0.3) is 0 Å². The van der Waals surface area contributed by atoms with E-state index in [1.54, 1.807) is 0 Å². The van der Waals surface area contributed by atoms with Gasteiger partial charge in [0.15, 0.2) is 11.5 Å². The Kier molecular flexibility index (Phi) is 4.32. The summed E-state index contributed by atoms with van der Waals surface area (Å²) in [6.07, 6.45) is 6.21. The van der Waals surface area contributed by atoms with Crippen LogP contribution in [0.25, 0.3) is 0 Å². The number of benzene rings is 1. The van der Waals surface area contributed by atoms with Crippen molar-refractivity contribution in [2.75, 3.05) is 6.79 Å². The zero-order valence-corrected chi connectivity index (χ0v) is 12.5. The number of carbonyl (C=O) groups is 1.